The van der Waals surface area contributed by atoms with E-state index >= 15 is 0 Å². The highest BCUT2D eigenvalue weighted by Gasteiger charge is 2.23. The number of amides is 2. The number of ether oxygens (including phenoxy) is 2. The summed E-state index contributed by atoms with van der Waals surface area (Å²) in [4.78, 5) is 33.8. The average molecular weight is 367 g/mol. The van der Waals surface area contributed by atoms with Crippen LogP contribution in [-0.4, -0.2) is 41.7 Å². The molecule has 0 radical (unpaired) electrons. The molecule has 2 amide bonds. The second-order valence-corrected chi connectivity index (χ2v) is 6.09. The summed E-state index contributed by atoms with van der Waals surface area (Å²) in [6, 6.07) is -0.971. The Morgan fingerprint density at radius 3 is 2.33 bits per heavy atom. The highest BCUT2D eigenvalue weighted by molar-refractivity contribution is 9.18. The number of carbonyl (C=O) groups is 3. The number of carbonyl (C=O) groups excluding carboxylic acids is 3. The Morgan fingerprint density at radius 2 is 1.86 bits per heavy atom. The molecule has 0 aliphatic carbocycles. The van der Waals surface area contributed by atoms with Crippen LogP contribution < -0.4 is 10.6 Å². The second-order valence-electron chi connectivity index (χ2n) is 5.37. The number of unbranched alkanes of at least 4 members (excludes halogenated alkanes) is 1. The fourth-order valence-electron chi connectivity index (χ4n) is 1.25. The van der Waals surface area contributed by atoms with Gasteiger partial charge in [0.25, 0.3) is 4.82 Å². The standard InChI is InChI=1S/C13H23BrN2O5/c1-5-6-7-20-10(17)9(16-11(14)18)8-15-12(19)21-13(2,3)4/h9H,5-8H2,1-4H3,(H,15,19)(H,16,18). The van der Waals surface area contributed by atoms with Crippen molar-refractivity contribution in [2.75, 3.05) is 13.2 Å². The molecule has 0 fully saturated rings. The maximum atomic E-state index is 11.8. The summed E-state index contributed by atoms with van der Waals surface area (Å²) >= 11 is 2.68. The van der Waals surface area contributed by atoms with E-state index in [1.807, 2.05) is 6.92 Å². The van der Waals surface area contributed by atoms with Gasteiger partial charge in [-0.2, -0.15) is 0 Å². The van der Waals surface area contributed by atoms with Gasteiger partial charge in [-0.05, 0) is 27.2 Å². The molecule has 8 heteroatoms. The zero-order valence-electron chi connectivity index (χ0n) is 12.8. The van der Waals surface area contributed by atoms with Crippen LogP contribution >= 0.6 is 15.9 Å². The van der Waals surface area contributed by atoms with E-state index in [0.29, 0.717) is 0 Å². The van der Waals surface area contributed by atoms with E-state index in [0.717, 1.165) is 12.8 Å². The Hall–Kier alpha value is -1.31. The summed E-state index contributed by atoms with van der Waals surface area (Å²) in [6.45, 7) is 7.30. The first-order valence-corrected chi connectivity index (χ1v) is 7.54. The fraction of sp³-hybridized carbons (Fsp3) is 0.769. The lowest BCUT2D eigenvalue weighted by Gasteiger charge is -2.21. The van der Waals surface area contributed by atoms with E-state index < -0.39 is 28.5 Å². The van der Waals surface area contributed by atoms with Crippen molar-refractivity contribution in [2.24, 2.45) is 0 Å². The zero-order chi connectivity index (χ0) is 16.5. The molecule has 1 atom stereocenters. The van der Waals surface area contributed by atoms with Crippen LogP contribution in [0.4, 0.5) is 9.59 Å². The number of halogens is 1. The van der Waals surface area contributed by atoms with Gasteiger partial charge in [0.15, 0.2) is 0 Å². The third kappa shape index (κ3) is 11.1. The molecule has 0 saturated heterocycles. The van der Waals surface area contributed by atoms with Crippen molar-refractivity contribution in [3.8, 4) is 0 Å². The smallest absolute Gasteiger partial charge is 0.407 e. The van der Waals surface area contributed by atoms with Crippen molar-refractivity contribution in [1.82, 2.24) is 10.6 Å². The van der Waals surface area contributed by atoms with E-state index in [1.165, 1.54) is 0 Å². The van der Waals surface area contributed by atoms with Gasteiger partial charge in [-0.15, -0.1) is 0 Å². The van der Waals surface area contributed by atoms with Crippen LogP contribution in [0.15, 0.2) is 0 Å². The molecular weight excluding hydrogens is 344 g/mol. The van der Waals surface area contributed by atoms with Gasteiger partial charge in [0.2, 0.25) is 0 Å². The molecule has 0 heterocycles. The highest BCUT2D eigenvalue weighted by atomic mass is 79.9. The van der Waals surface area contributed by atoms with Gasteiger partial charge in [-0.1, -0.05) is 13.3 Å². The van der Waals surface area contributed by atoms with Gasteiger partial charge < -0.3 is 20.1 Å². The average Bonchev–Trinajstić information content (AvgIpc) is 2.32. The molecule has 122 valence electrons. The monoisotopic (exact) mass is 366 g/mol. The molecule has 0 saturated carbocycles. The van der Waals surface area contributed by atoms with Crippen molar-refractivity contribution in [3.63, 3.8) is 0 Å². The molecule has 0 spiro atoms. The summed E-state index contributed by atoms with van der Waals surface area (Å²) in [5, 5.41) is 4.78. The molecular formula is C13H23BrN2O5. The molecule has 0 bridgehead atoms. The maximum Gasteiger partial charge on any atom is 0.407 e. The minimum atomic E-state index is -0.971. The van der Waals surface area contributed by atoms with E-state index in [-0.39, 0.29) is 13.2 Å². The van der Waals surface area contributed by atoms with Gasteiger partial charge in [-0.25, -0.2) is 9.59 Å². The Kier molecular flexibility index (Phi) is 9.00. The maximum absolute atomic E-state index is 11.8. The summed E-state index contributed by atoms with van der Waals surface area (Å²) in [5.41, 5.74) is -0.639. The lowest BCUT2D eigenvalue weighted by atomic mass is 10.2. The van der Waals surface area contributed by atoms with Gasteiger partial charge in [-0.3, -0.25) is 4.79 Å². The van der Waals surface area contributed by atoms with Crippen LogP contribution in [0.1, 0.15) is 40.5 Å². The minimum Gasteiger partial charge on any atom is -0.464 e. The first kappa shape index (κ1) is 19.7. The molecule has 0 aromatic rings. The topological polar surface area (TPSA) is 93.7 Å². The van der Waals surface area contributed by atoms with Crippen molar-refractivity contribution in [2.45, 2.75) is 52.2 Å². The van der Waals surface area contributed by atoms with E-state index in [4.69, 9.17) is 9.47 Å². The second kappa shape index (κ2) is 9.59. The largest absolute Gasteiger partial charge is 0.464 e. The summed E-state index contributed by atoms with van der Waals surface area (Å²) in [5.74, 6) is -0.604. The third-order valence-corrected chi connectivity index (χ3v) is 2.39. The van der Waals surface area contributed by atoms with Gasteiger partial charge in [0.05, 0.1) is 13.2 Å². The first-order chi connectivity index (χ1) is 9.65. The molecule has 7 nitrogen and oxygen atoms in total. The molecule has 0 aliphatic heterocycles. The third-order valence-electron chi connectivity index (χ3n) is 2.16. The quantitative estimate of drug-likeness (QED) is 0.312. The fourth-order valence-corrected chi connectivity index (χ4v) is 1.52. The Balaban J connectivity index is 4.38. The first-order valence-electron chi connectivity index (χ1n) is 6.75. The van der Waals surface area contributed by atoms with Crippen LogP contribution in [-0.2, 0) is 14.3 Å². The predicted octanol–water partition coefficient (Wildman–Crippen LogP) is 2.33. The lowest BCUT2D eigenvalue weighted by molar-refractivity contribution is -0.145. The van der Waals surface area contributed by atoms with Gasteiger partial charge in [0, 0.05) is 15.9 Å². The number of hydrogen-bond donors (Lipinski definition) is 2. The van der Waals surface area contributed by atoms with Crippen LogP contribution in [0.2, 0.25) is 0 Å². The minimum absolute atomic E-state index is 0.114. The van der Waals surface area contributed by atoms with Crippen LogP contribution in [0.5, 0.6) is 0 Å². The van der Waals surface area contributed by atoms with E-state index in [9.17, 15) is 14.4 Å². The van der Waals surface area contributed by atoms with Gasteiger partial charge >= 0.3 is 12.1 Å². The summed E-state index contributed by atoms with van der Waals surface area (Å²) in [6.07, 6.45) is 0.955. The summed E-state index contributed by atoms with van der Waals surface area (Å²) in [7, 11) is 0. The Morgan fingerprint density at radius 1 is 1.24 bits per heavy atom. The Labute approximate surface area is 133 Å². The molecule has 0 aromatic heterocycles. The van der Waals surface area contributed by atoms with Gasteiger partial charge in [0.1, 0.15) is 11.6 Å². The lowest BCUT2D eigenvalue weighted by Crippen LogP contribution is -2.48. The number of nitrogens with one attached hydrogen (secondary N) is 2. The summed E-state index contributed by atoms with van der Waals surface area (Å²) < 4.78 is 10.1. The molecule has 0 rings (SSSR count). The number of hydrogen-bond acceptors (Lipinski definition) is 5. The molecule has 2 N–H and O–H groups in total. The van der Waals surface area contributed by atoms with Crippen LogP contribution in [0.25, 0.3) is 0 Å². The number of rotatable bonds is 7. The number of esters is 1. The SMILES string of the molecule is CCCCOC(=O)C(CNC(=O)OC(C)(C)C)NC(=O)Br. The van der Waals surface area contributed by atoms with E-state index in [2.05, 4.69) is 26.6 Å². The van der Waals surface area contributed by atoms with Crippen molar-refractivity contribution < 1.29 is 23.9 Å². The van der Waals surface area contributed by atoms with Crippen molar-refractivity contribution in [3.05, 3.63) is 0 Å². The molecule has 1 unspecified atom stereocenters. The zero-order valence-corrected chi connectivity index (χ0v) is 14.4. The molecule has 0 aromatic carbocycles. The van der Waals surface area contributed by atoms with E-state index in [1.54, 1.807) is 20.8 Å². The van der Waals surface area contributed by atoms with Crippen LogP contribution in [0.3, 0.4) is 0 Å². The predicted molar refractivity (Wildman–Crippen MR) is 81.4 cm³/mol. The van der Waals surface area contributed by atoms with Crippen molar-refractivity contribution >= 4 is 32.8 Å². The highest BCUT2D eigenvalue weighted by Crippen LogP contribution is 2.06. The normalized spacial score (nSPS) is 12.2. The van der Waals surface area contributed by atoms with Crippen LogP contribution in [0, 0.1) is 0 Å². The molecule has 21 heavy (non-hydrogen) atoms. The Bertz CT molecular complexity index is 368. The molecule has 0 aliphatic rings. The number of alkyl carbamates (subject to hydrolysis) is 1. The van der Waals surface area contributed by atoms with Crippen molar-refractivity contribution in [1.29, 1.82) is 0 Å².